The molecule has 1 aromatic carbocycles. The van der Waals surface area contributed by atoms with E-state index in [4.69, 9.17) is 22.2 Å². The number of halogens is 2. The van der Waals surface area contributed by atoms with Crippen molar-refractivity contribution in [3.63, 3.8) is 0 Å². The van der Waals surface area contributed by atoms with Crippen LogP contribution < -0.4 is 11.3 Å². The van der Waals surface area contributed by atoms with Crippen LogP contribution in [0.1, 0.15) is 24.9 Å². The molecule has 0 amide bonds. The molecule has 2 atom stereocenters. The number of benzene rings is 1. The van der Waals surface area contributed by atoms with Gasteiger partial charge < -0.3 is 4.74 Å². The molecule has 1 aromatic rings. The fourth-order valence-electron chi connectivity index (χ4n) is 1.78. The van der Waals surface area contributed by atoms with E-state index in [9.17, 15) is 0 Å². The van der Waals surface area contributed by atoms with Crippen LogP contribution in [-0.4, -0.2) is 13.7 Å². The molecule has 0 radical (unpaired) electrons. The van der Waals surface area contributed by atoms with Gasteiger partial charge in [0.15, 0.2) is 0 Å². The van der Waals surface area contributed by atoms with Gasteiger partial charge in [-0.1, -0.05) is 40.5 Å². The Morgan fingerprint density at radius 1 is 1.53 bits per heavy atom. The second kappa shape index (κ2) is 7.34. The first-order valence-electron chi connectivity index (χ1n) is 5.50. The minimum absolute atomic E-state index is 0.0804. The zero-order valence-corrected chi connectivity index (χ0v) is 12.4. The van der Waals surface area contributed by atoms with Gasteiger partial charge in [-0.25, -0.2) is 0 Å². The van der Waals surface area contributed by atoms with Crippen molar-refractivity contribution in [1.29, 1.82) is 0 Å². The molecular weight excluding hydrogens is 304 g/mol. The molecule has 0 aromatic heterocycles. The lowest BCUT2D eigenvalue weighted by atomic mass is 9.93. The van der Waals surface area contributed by atoms with Crippen LogP contribution in [-0.2, 0) is 4.74 Å². The van der Waals surface area contributed by atoms with Crippen molar-refractivity contribution in [2.24, 2.45) is 11.8 Å². The van der Waals surface area contributed by atoms with Gasteiger partial charge in [-0.3, -0.25) is 11.3 Å². The lowest BCUT2D eigenvalue weighted by Crippen LogP contribution is -2.33. The van der Waals surface area contributed by atoms with Gasteiger partial charge in [0.25, 0.3) is 0 Å². The monoisotopic (exact) mass is 320 g/mol. The van der Waals surface area contributed by atoms with Crippen molar-refractivity contribution >= 4 is 27.5 Å². The molecule has 0 saturated carbocycles. The highest BCUT2D eigenvalue weighted by atomic mass is 79.9. The van der Waals surface area contributed by atoms with E-state index in [-0.39, 0.29) is 6.04 Å². The molecule has 0 saturated heterocycles. The van der Waals surface area contributed by atoms with E-state index in [1.54, 1.807) is 7.11 Å². The van der Waals surface area contributed by atoms with Crippen molar-refractivity contribution in [2.45, 2.75) is 19.4 Å². The van der Waals surface area contributed by atoms with E-state index in [0.29, 0.717) is 10.9 Å². The molecule has 2 unspecified atom stereocenters. The van der Waals surface area contributed by atoms with Crippen molar-refractivity contribution in [1.82, 2.24) is 5.43 Å². The van der Waals surface area contributed by atoms with Crippen molar-refractivity contribution in [3.8, 4) is 0 Å². The number of hydrogen-bond acceptors (Lipinski definition) is 3. The van der Waals surface area contributed by atoms with Crippen LogP contribution in [0.3, 0.4) is 0 Å². The first-order valence-corrected chi connectivity index (χ1v) is 6.67. The number of nitrogens with one attached hydrogen (secondary N) is 1. The summed E-state index contributed by atoms with van der Waals surface area (Å²) in [6.07, 6.45) is 0.945. The summed E-state index contributed by atoms with van der Waals surface area (Å²) in [5.74, 6) is 6.01. The highest BCUT2D eigenvalue weighted by Crippen LogP contribution is 2.31. The molecule has 17 heavy (non-hydrogen) atoms. The van der Waals surface area contributed by atoms with Gasteiger partial charge in [-0.2, -0.15) is 0 Å². The second-order valence-corrected chi connectivity index (χ2v) is 5.36. The predicted octanol–water partition coefficient (Wildman–Crippen LogP) is 3.28. The van der Waals surface area contributed by atoms with Gasteiger partial charge in [-0.15, -0.1) is 0 Å². The Hall–Kier alpha value is -0.130. The third kappa shape index (κ3) is 4.23. The minimum atomic E-state index is 0.0804. The molecule has 0 fully saturated rings. The smallest absolute Gasteiger partial charge is 0.0497 e. The lowest BCUT2D eigenvalue weighted by molar-refractivity contribution is 0.170. The van der Waals surface area contributed by atoms with Crippen LogP contribution in [0.5, 0.6) is 0 Å². The number of methoxy groups -OCH3 is 1. The largest absolute Gasteiger partial charge is 0.385 e. The fraction of sp³-hybridized carbons (Fsp3) is 0.500. The maximum absolute atomic E-state index is 5.93. The molecule has 0 aliphatic carbocycles. The Morgan fingerprint density at radius 2 is 2.24 bits per heavy atom. The molecule has 3 nitrogen and oxygen atoms in total. The summed E-state index contributed by atoms with van der Waals surface area (Å²) in [6.45, 7) is 2.87. The van der Waals surface area contributed by atoms with E-state index < -0.39 is 0 Å². The first kappa shape index (κ1) is 14.9. The Morgan fingerprint density at radius 3 is 2.76 bits per heavy atom. The van der Waals surface area contributed by atoms with E-state index in [2.05, 4.69) is 28.3 Å². The summed E-state index contributed by atoms with van der Waals surface area (Å²) in [5.41, 5.74) is 3.97. The molecule has 0 aliphatic rings. The van der Waals surface area contributed by atoms with Gasteiger partial charge in [0.05, 0.1) is 0 Å². The average molecular weight is 322 g/mol. The number of nitrogens with two attached hydrogens (primary N) is 1. The van der Waals surface area contributed by atoms with E-state index in [0.717, 1.165) is 23.1 Å². The van der Waals surface area contributed by atoms with Gasteiger partial charge in [0.1, 0.15) is 0 Å². The summed E-state index contributed by atoms with van der Waals surface area (Å²) in [7, 11) is 1.70. The third-order valence-corrected chi connectivity index (χ3v) is 3.75. The number of rotatable bonds is 6. The fourth-order valence-corrected chi connectivity index (χ4v) is 2.71. The van der Waals surface area contributed by atoms with Crippen LogP contribution >= 0.6 is 27.5 Å². The number of ether oxygens (including phenoxy) is 1. The molecule has 0 spiro atoms. The molecular formula is C12H18BrClN2O. The van der Waals surface area contributed by atoms with Gasteiger partial charge >= 0.3 is 0 Å². The van der Waals surface area contributed by atoms with Crippen LogP contribution in [0.25, 0.3) is 0 Å². The van der Waals surface area contributed by atoms with Crippen LogP contribution in [0.15, 0.2) is 22.7 Å². The minimum Gasteiger partial charge on any atom is -0.385 e. The summed E-state index contributed by atoms with van der Waals surface area (Å²) in [4.78, 5) is 0. The van der Waals surface area contributed by atoms with E-state index >= 15 is 0 Å². The maximum atomic E-state index is 5.93. The molecule has 0 aliphatic heterocycles. The topological polar surface area (TPSA) is 47.3 Å². The molecule has 0 bridgehead atoms. The van der Waals surface area contributed by atoms with Crippen LogP contribution in [0.4, 0.5) is 0 Å². The van der Waals surface area contributed by atoms with Crippen molar-refractivity contribution in [3.05, 3.63) is 33.3 Å². The average Bonchev–Trinajstić information content (AvgIpc) is 2.30. The van der Waals surface area contributed by atoms with Crippen LogP contribution in [0, 0.1) is 5.92 Å². The second-order valence-electron chi connectivity index (χ2n) is 4.07. The third-order valence-electron chi connectivity index (χ3n) is 2.82. The zero-order chi connectivity index (χ0) is 12.8. The Bertz CT molecular complexity index is 362. The maximum Gasteiger partial charge on any atom is 0.0497 e. The SMILES string of the molecule is COCCC(C)C(NN)c1ccc(Cl)cc1Br. The Kier molecular flexibility index (Phi) is 6.44. The lowest BCUT2D eigenvalue weighted by Gasteiger charge is -2.24. The molecule has 3 N–H and O–H groups in total. The molecule has 96 valence electrons. The first-order chi connectivity index (χ1) is 8.10. The van der Waals surface area contributed by atoms with Crippen molar-refractivity contribution < 1.29 is 4.74 Å². The highest BCUT2D eigenvalue weighted by Gasteiger charge is 2.20. The number of hydrogen-bond donors (Lipinski definition) is 2. The Balaban J connectivity index is 2.85. The van der Waals surface area contributed by atoms with Gasteiger partial charge in [-0.05, 0) is 30.0 Å². The van der Waals surface area contributed by atoms with Crippen molar-refractivity contribution in [2.75, 3.05) is 13.7 Å². The quantitative estimate of drug-likeness (QED) is 0.624. The summed E-state index contributed by atoms with van der Waals surface area (Å²) in [5, 5.41) is 0.709. The summed E-state index contributed by atoms with van der Waals surface area (Å²) < 4.78 is 6.06. The van der Waals surface area contributed by atoms with Gasteiger partial charge in [0, 0.05) is 29.3 Å². The number of hydrazine groups is 1. The Labute approximate surface area is 116 Å². The van der Waals surface area contributed by atoms with Gasteiger partial charge in [0.2, 0.25) is 0 Å². The summed E-state index contributed by atoms with van der Waals surface area (Å²) >= 11 is 9.44. The van der Waals surface area contributed by atoms with Crippen LogP contribution in [0.2, 0.25) is 5.02 Å². The normalized spacial score (nSPS) is 14.6. The van der Waals surface area contributed by atoms with E-state index in [1.165, 1.54) is 0 Å². The molecule has 5 heteroatoms. The summed E-state index contributed by atoms with van der Waals surface area (Å²) in [6, 6.07) is 5.82. The molecule has 0 heterocycles. The molecule has 1 rings (SSSR count). The zero-order valence-electron chi connectivity index (χ0n) is 10.0. The standard InChI is InChI=1S/C12H18BrClN2O/c1-8(5-6-17-2)12(16-15)10-4-3-9(14)7-11(10)13/h3-4,7-8,12,16H,5-6,15H2,1-2H3. The highest BCUT2D eigenvalue weighted by molar-refractivity contribution is 9.10. The predicted molar refractivity (Wildman–Crippen MR) is 74.9 cm³/mol. The van der Waals surface area contributed by atoms with E-state index in [1.807, 2.05) is 18.2 Å².